The molecule has 0 amide bonds. The van der Waals surface area contributed by atoms with Crippen LogP contribution in [0.15, 0.2) is 47.5 Å². The second-order valence-electron chi connectivity index (χ2n) is 8.68. The number of pyridine rings is 2. The number of hydrogen-bond acceptors (Lipinski definition) is 5. The van der Waals surface area contributed by atoms with Crippen LogP contribution in [0.25, 0.3) is 11.0 Å². The molecule has 0 radical (unpaired) electrons. The number of anilines is 1. The number of nitrogens with zero attached hydrogens (tertiary/aromatic N) is 3. The Hall–Kier alpha value is -2.70. The number of nitrogens with one attached hydrogen (secondary N) is 1. The summed E-state index contributed by atoms with van der Waals surface area (Å²) < 4.78 is 7.53. The lowest BCUT2D eigenvalue weighted by molar-refractivity contribution is 0.0340. The summed E-state index contributed by atoms with van der Waals surface area (Å²) in [7, 11) is 0. The van der Waals surface area contributed by atoms with Gasteiger partial charge in [0.2, 0.25) is 0 Å². The van der Waals surface area contributed by atoms with E-state index in [2.05, 4.69) is 51.0 Å². The molecule has 1 aromatic carbocycles. The minimum Gasteiger partial charge on any atom is -0.383 e. The first-order valence-electron chi connectivity index (χ1n) is 11.3. The summed E-state index contributed by atoms with van der Waals surface area (Å²) >= 11 is 0. The molecule has 2 aromatic heterocycles. The Bertz CT molecular complexity index is 1110. The van der Waals surface area contributed by atoms with E-state index in [0.717, 1.165) is 69.1 Å². The second kappa shape index (κ2) is 8.81. The number of ether oxygens (including phenoxy) is 1. The van der Waals surface area contributed by atoms with Gasteiger partial charge in [0.25, 0.3) is 0 Å². The monoisotopic (exact) mass is 418 g/mol. The second-order valence-corrected chi connectivity index (χ2v) is 8.68. The Kier molecular flexibility index (Phi) is 5.74. The summed E-state index contributed by atoms with van der Waals surface area (Å²) in [5.74, 6) is 0.577. The molecule has 162 valence electrons. The number of fused-ring (bicyclic) bond motifs is 2. The van der Waals surface area contributed by atoms with Gasteiger partial charge in [0, 0.05) is 44.5 Å². The lowest BCUT2D eigenvalue weighted by atomic mass is 10.1. The van der Waals surface area contributed by atoms with Crippen LogP contribution in [0.4, 0.5) is 5.69 Å². The number of morpholine rings is 1. The summed E-state index contributed by atoms with van der Waals surface area (Å²) in [6, 6.07) is 10.7. The first-order valence-corrected chi connectivity index (χ1v) is 11.3. The summed E-state index contributed by atoms with van der Waals surface area (Å²) in [5.41, 5.74) is 5.54. The first-order chi connectivity index (χ1) is 15.2. The molecule has 1 aliphatic carbocycles. The van der Waals surface area contributed by atoms with E-state index in [0.29, 0.717) is 17.8 Å². The topological polar surface area (TPSA) is 59.4 Å². The third kappa shape index (κ3) is 4.23. The Balaban J connectivity index is 1.36. The Morgan fingerprint density at radius 3 is 2.61 bits per heavy atom. The molecule has 0 bridgehead atoms. The zero-order valence-electron chi connectivity index (χ0n) is 18.1. The van der Waals surface area contributed by atoms with Gasteiger partial charge in [0.1, 0.15) is 5.65 Å². The van der Waals surface area contributed by atoms with Gasteiger partial charge in [0.05, 0.1) is 30.5 Å². The van der Waals surface area contributed by atoms with Crippen molar-refractivity contribution in [1.29, 1.82) is 0 Å². The van der Waals surface area contributed by atoms with Crippen LogP contribution in [-0.4, -0.2) is 47.3 Å². The molecule has 31 heavy (non-hydrogen) atoms. The number of benzene rings is 1. The van der Waals surface area contributed by atoms with Gasteiger partial charge in [0.15, 0.2) is 5.43 Å². The summed E-state index contributed by atoms with van der Waals surface area (Å²) in [6.45, 7) is 7.63. The summed E-state index contributed by atoms with van der Waals surface area (Å²) in [4.78, 5) is 20.2. The van der Waals surface area contributed by atoms with Gasteiger partial charge in [-0.15, -0.1) is 0 Å². The smallest absolute Gasteiger partial charge is 0.195 e. The quantitative estimate of drug-likeness (QED) is 0.667. The molecule has 6 heteroatoms. The van der Waals surface area contributed by atoms with E-state index >= 15 is 0 Å². The highest BCUT2D eigenvalue weighted by atomic mass is 16.5. The van der Waals surface area contributed by atoms with E-state index < -0.39 is 0 Å². The zero-order valence-corrected chi connectivity index (χ0v) is 18.1. The van der Waals surface area contributed by atoms with E-state index in [9.17, 15) is 4.79 Å². The van der Waals surface area contributed by atoms with Gasteiger partial charge in [-0.25, -0.2) is 4.98 Å². The van der Waals surface area contributed by atoms with Gasteiger partial charge < -0.3 is 14.6 Å². The molecule has 0 saturated carbocycles. The maximum absolute atomic E-state index is 13.3. The van der Waals surface area contributed by atoms with Gasteiger partial charge in [-0.1, -0.05) is 24.3 Å². The van der Waals surface area contributed by atoms with E-state index in [1.807, 2.05) is 18.5 Å². The van der Waals surface area contributed by atoms with E-state index in [1.54, 1.807) is 0 Å². The molecular formula is C25H30N4O2. The zero-order chi connectivity index (χ0) is 21.2. The van der Waals surface area contributed by atoms with Crippen LogP contribution < -0.4 is 10.7 Å². The fourth-order valence-electron chi connectivity index (χ4n) is 4.84. The molecule has 6 nitrogen and oxygen atoms in total. The van der Waals surface area contributed by atoms with Gasteiger partial charge in [-0.2, -0.15) is 0 Å². The molecule has 1 saturated heterocycles. The number of hydrogen-bond donors (Lipinski definition) is 1. The van der Waals surface area contributed by atoms with Crippen molar-refractivity contribution in [1.82, 2.24) is 14.5 Å². The van der Waals surface area contributed by atoms with Crippen LogP contribution in [0, 0.1) is 5.92 Å². The summed E-state index contributed by atoms with van der Waals surface area (Å²) in [5, 5.41) is 4.24. The molecule has 1 N–H and O–H groups in total. The van der Waals surface area contributed by atoms with Crippen molar-refractivity contribution in [3.05, 3.63) is 69.6 Å². The Labute approximate surface area is 182 Å². The van der Waals surface area contributed by atoms with Crippen LogP contribution in [0.5, 0.6) is 0 Å². The lowest BCUT2D eigenvalue weighted by Crippen LogP contribution is -2.37. The minimum absolute atomic E-state index is 0.0932. The molecule has 0 spiro atoms. The van der Waals surface area contributed by atoms with Crippen LogP contribution in [0.1, 0.15) is 23.6 Å². The van der Waals surface area contributed by atoms with Crippen molar-refractivity contribution in [3.63, 3.8) is 0 Å². The van der Waals surface area contributed by atoms with Crippen LogP contribution in [0.3, 0.4) is 0 Å². The molecule has 5 rings (SSSR count). The van der Waals surface area contributed by atoms with E-state index in [-0.39, 0.29) is 5.43 Å². The standard InChI is InChI=1S/C25H30N4O2/c1-2-29-17-21(16-28-7-9-31-10-8-28)24(30)23-13-22(15-27-25(23)29)26-14-18-11-19-5-3-4-6-20(19)12-18/h3-6,13,15,17-18,26H,2,7-12,14,16H2,1H3. The predicted octanol–water partition coefficient (Wildman–Crippen LogP) is 3.08. The minimum atomic E-state index is 0.0932. The van der Waals surface area contributed by atoms with Crippen molar-refractivity contribution in [2.45, 2.75) is 32.9 Å². The number of rotatable bonds is 6. The van der Waals surface area contributed by atoms with Gasteiger partial charge in [-0.05, 0) is 42.9 Å². The van der Waals surface area contributed by atoms with Crippen molar-refractivity contribution < 1.29 is 4.74 Å². The molecule has 2 aliphatic rings. The largest absolute Gasteiger partial charge is 0.383 e. The van der Waals surface area contributed by atoms with Crippen molar-refractivity contribution in [3.8, 4) is 0 Å². The van der Waals surface area contributed by atoms with Crippen molar-refractivity contribution in [2.24, 2.45) is 5.92 Å². The van der Waals surface area contributed by atoms with Gasteiger partial charge >= 0.3 is 0 Å². The number of aryl methyl sites for hydroxylation is 1. The van der Waals surface area contributed by atoms with E-state index in [1.165, 1.54) is 11.1 Å². The average Bonchev–Trinajstić information content (AvgIpc) is 3.23. The Morgan fingerprint density at radius 2 is 1.90 bits per heavy atom. The molecule has 0 atom stereocenters. The molecule has 3 aromatic rings. The average molecular weight is 419 g/mol. The van der Waals surface area contributed by atoms with Crippen LogP contribution in [0.2, 0.25) is 0 Å². The van der Waals surface area contributed by atoms with Crippen molar-refractivity contribution >= 4 is 16.7 Å². The SMILES string of the molecule is CCn1cc(CN2CCOCC2)c(=O)c2cc(NCC3Cc4ccccc4C3)cnc21. The molecule has 1 fully saturated rings. The third-order valence-electron chi connectivity index (χ3n) is 6.56. The first kappa shape index (κ1) is 20.2. The molecule has 0 unspecified atom stereocenters. The molecule has 3 heterocycles. The highest BCUT2D eigenvalue weighted by Gasteiger charge is 2.21. The normalized spacial score (nSPS) is 17.2. The molecule has 1 aliphatic heterocycles. The van der Waals surface area contributed by atoms with Gasteiger partial charge in [-0.3, -0.25) is 9.69 Å². The maximum Gasteiger partial charge on any atom is 0.195 e. The Morgan fingerprint density at radius 1 is 1.16 bits per heavy atom. The number of aromatic nitrogens is 2. The fourth-order valence-corrected chi connectivity index (χ4v) is 4.84. The lowest BCUT2D eigenvalue weighted by Gasteiger charge is -2.26. The summed E-state index contributed by atoms with van der Waals surface area (Å²) in [6.07, 6.45) is 6.06. The fraction of sp³-hybridized carbons (Fsp3) is 0.440. The third-order valence-corrected chi connectivity index (χ3v) is 6.56. The predicted molar refractivity (Wildman–Crippen MR) is 124 cm³/mol. The van der Waals surface area contributed by atoms with E-state index in [4.69, 9.17) is 4.74 Å². The highest BCUT2D eigenvalue weighted by molar-refractivity contribution is 5.79. The van der Waals surface area contributed by atoms with Crippen LogP contribution >= 0.6 is 0 Å². The highest BCUT2D eigenvalue weighted by Crippen LogP contribution is 2.27. The molecular weight excluding hydrogens is 388 g/mol. The maximum atomic E-state index is 13.3. The van der Waals surface area contributed by atoms with Crippen LogP contribution in [-0.2, 0) is 30.7 Å². The van der Waals surface area contributed by atoms with Crippen molar-refractivity contribution in [2.75, 3.05) is 38.2 Å².